The molecule has 0 unspecified atom stereocenters. The van der Waals surface area contributed by atoms with E-state index < -0.39 is 0 Å². The minimum atomic E-state index is 0.590. The van der Waals surface area contributed by atoms with E-state index in [9.17, 15) is 0 Å². The highest BCUT2D eigenvalue weighted by molar-refractivity contribution is 5.63. The van der Waals surface area contributed by atoms with Crippen molar-refractivity contribution in [3.63, 3.8) is 0 Å². The Morgan fingerprint density at radius 1 is 0.667 bits per heavy atom. The van der Waals surface area contributed by atoms with Crippen molar-refractivity contribution in [1.29, 1.82) is 0 Å². The van der Waals surface area contributed by atoms with Crippen molar-refractivity contribution < 1.29 is 4.74 Å². The molecule has 24 heavy (non-hydrogen) atoms. The van der Waals surface area contributed by atoms with E-state index in [1.807, 2.05) is 24.3 Å². The van der Waals surface area contributed by atoms with Crippen LogP contribution in [0.1, 0.15) is 17.5 Å². The molecule has 0 bridgehead atoms. The fourth-order valence-electron chi connectivity index (χ4n) is 2.61. The monoisotopic (exact) mass is 314 g/mol. The van der Waals surface area contributed by atoms with E-state index in [1.165, 1.54) is 22.3 Å². The van der Waals surface area contributed by atoms with Gasteiger partial charge in [-0.1, -0.05) is 91.5 Å². The highest BCUT2D eigenvalue weighted by Crippen LogP contribution is 2.20. The van der Waals surface area contributed by atoms with Crippen molar-refractivity contribution >= 4 is 0 Å². The van der Waals surface area contributed by atoms with Crippen LogP contribution in [0.3, 0.4) is 0 Å². The maximum Gasteiger partial charge on any atom is 0.113 e. The van der Waals surface area contributed by atoms with Gasteiger partial charge in [-0.2, -0.15) is 0 Å². The molecule has 3 rings (SSSR count). The van der Waals surface area contributed by atoms with Crippen LogP contribution < -0.4 is 0 Å². The van der Waals surface area contributed by atoms with Gasteiger partial charge in [0, 0.05) is 6.42 Å². The Morgan fingerprint density at radius 2 is 1.25 bits per heavy atom. The quantitative estimate of drug-likeness (QED) is 0.485. The van der Waals surface area contributed by atoms with Gasteiger partial charge in [0.25, 0.3) is 0 Å². The summed E-state index contributed by atoms with van der Waals surface area (Å²) < 4.78 is 5.75. The fourth-order valence-corrected chi connectivity index (χ4v) is 2.61. The lowest BCUT2D eigenvalue weighted by Gasteiger charge is -2.10. The highest BCUT2D eigenvalue weighted by atomic mass is 16.5. The van der Waals surface area contributed by atoms with Gasteiger partial charge in [0.05, 0.1) is 5.76 Å². The van der Waals surface area contributed by atoms with Gasteiger partial charge in [-0.3, -0.25) is 0 Å². The van der Waals surface area contributed by atoms with E-state index in [2.05, 4.69) is 67.2 Å². The zero-order valence-corrected chi connectivity index (χ0v) is 13.8. The third-order valence-electron chi connectivity index (χ3n) is 4.04. The number of benzene rings is 3. The van der Waals surface area contributed by atoms with Crippen LogP contribution in [0.15, 0.2) is 97.3 Å². The van der Waals surface area contributed by atoms with Crippen molar-refractivity contribution in [2.45, 2.75) is 19.4 Å². The normalized spacial score (nSPS) is 10.3. The molecule has 0 aliphatic heterocycles. The first-order chi connectivity index (χ1) is 11.8. The van der Waals surface area contributed by atoms with Crippen LogP contribution in [0.25, 0.3) is 11.1 Å². The van der Waals surface area contributed by atoms with Crippen molar-refractivity contribution in [2.75, 3.05) is 0 Å². The summed E-state index contributed by atoms with van der Waals surface area (Å²) >= 11 is 0. The molecule has 0 aliphatic carbocycles. The van der Waals surface area contributed by atoms with Gasteiger partial charge in [-0.15, -0.1) is 0 Å². The number of rotatable bonds is 7. The van der Waals surface area contributed by atoms with Crippen molar-refractivity contribution in [2.24, 2.45) is 0 Å². The molecule has 0 radical (unpaired) electrons. The van der Waals surface area contributed by atoms with Gasteiger partial charge in [-0.25, -0.2) is 0 Å². The number of hydrogen-bond donors (Lipinski definition) is 0. The standard InChI is InChI=1S/C23H22O/c1-19(24-18-21-8-4-2-5-9-21)12-13-20-14-16-23(17-15-20)22-10-6-3-7-11-22/h2-11,14-17H,1,12-13,18H2. The number of aryl methyl sites for hydroxylation is 1. The summed E-state index contributed by atoms with van der Waals surface area (Å²) in [6, 6.07) is 29.4. The van der Waals surface area contributed by atoms with Crippen LogP contribution in [-0.2, 0) is 17.8 Å². The predicted octanol–water partition coefficient (Wildman–Crippen LogP) is 6.02. The van der Waals surface area contributed by atoms with E-state index in [0.29, 0.717) is 6.61 Å². The largest absolute Gasteiger partial charge is 0.494 e. The summed E-state index contributed by atoms with van der Waals surface area (Å²) in [5.74, 6) is 0.839. The van der Waals surface area contributed by atoms with E-state index in [1.54, 1.807) is 0 Å². The molecule has 0 fully saturated rings. The zero-order chi connectivity index (χ0) is 16.6. The highest BCUT2D eigenvalue weighted by Gasteiger charge is 2.01. The topological polar surface area (TPSA) is 9.23 Å². The zero-order valence-electron chi connectivity index (χ0n) is 13.8. The fraction of sp³-hybridized carbons (Fsp3) is 0.130. The number of ether oxygens (including phenoxy) is 1. The molecular formula is C23H22O. The second kappa shape index (κ2) is 8.16. The average molecular weight is 314 g/mol. The lowest BCUT2D eigenvalue weighted by atomic mass is 10.0. The number of hydrogen-bond acceptors (Lipinski definition) is 1. The Kier molecular flexibility index (Phi) is 5.47. The van der Waals surface area contributed by atoms with Gasteiger partial charge in [-0.05, 0) is 28.7 Å². The van der Waals surface area contributed by atoms with E-state index in [4.69, 9.17) is 4.74 Å². The summed E-state index contributed by atoms with van der Waals surface area (Å²) in [6.07, 6.45) is 1.79. The summed E-state index contributed by atoms with van der Waals surface area (Å²) in [4.78, 5) is 0. The molecule has 0 atom stereocenters. The molecule has 3 aromatic rings. The van der Waals surface area contributed by atoms with E-state index >= 15 is 0 Å². The molecule has 0 amide bonds. The minimum Gasteiger partial charge on any atom is -0.494 e. The molecule has 0 spiro atoms. The van der Waals surface area contributed by atoms with Crippen LogP contribution in [0.2, 0.25) is 0 Å². The van der Waals surface area contributed by atoms with Gasteiger partial charge in [0.2, 0.25) is 0 Å². The van der Waals surface area contributed by atoms with Crippen LogP contribution >= 0.6 is 0 Å². The molecule has 3 aromatic carbocycles. The molecule has 0 aliphatic rings. The SMILES string of the molecule is C=C(CCc1ccc(-c2ccccc2)cc1)OCc1ccccc1. The van der Waals surface area contributed by atoms with Gasteiger partial charge in [0.1, 0.15) is 6.61 Å². The van der Waals surface area contributed by atoms with E-state index in [-0.39, 0.29) is 0 Å². The van der Waals surface area contributed by atoms with Crippen LogP contribution in [-0.4, -0.2) is 0 Å². The second-order valence-corrected chi connectivity index (χ2v) is 5.88. The maximum absolute atomic E-state index is 5.75. The smallest absolute Gasteiger partial charge is 0.113 e. The first kappa shape index (κ1) is 16.1. The third kappa shape index (κ3) is 4.60. The van der Waals surface area contributed by atoms with E-state index in [0.717, 1.165) is 18.6 Å². The molecule has 0 N–H and O–H groups in total. The molecule has 0 saturated carbocycles. The molecule has 120 valence electrons. The first-order valence-corrected chi connectivity index (χ1v) is 8.30. The molecule has 1 nitrogen and oxygen atoms in total. The predicted molar refractivity (Wildman–Crippen MR) is 101 cm³/mol. The Balaban J connectivity index is 1.49. The first-order valence-electron chi connectivity index (χ1n) is 8.30. The molecule has 1 heteroatoms. The van der Waals surface area contributed by atoms with Gasteiger partial charge in [0.15, 0.2) is 0 Å². The summed E-state index contributed by atoms with van der Waals surface area (Å²) in [7, 11) is 0. The van der Waals surface area contributed by atoms with Gasteiger partial charge < -0.3 is 4.74 Å². The third-order valence-corrected chi connectivity index (χ3v) is 4.04. The summed E-state index contributed by atoms with van der Waals surface area (Å²) in [5, 5.41) is 0. The van der Waals surface area contributed by atoms with Crippen LogP contribution in [0.4, 0.5) is 0 Å². The Morgan fingerprint density at radius 3 is 1.92 bits per heavy atom. The lowest BCUT2D eigenvalue weighted by Crippen LogP contribution is -1.95. The average Bonchev–Trinajstić information content (AvgIpc) is 2.67. The molecule has 0 saturated heterocycles. The summed E-state index contributed by atoms with van der Waals surface area (Å²) in [5.41, 5.74) is 4.98. The Hall–Kier alpha value is -2.80. The van der Waals surface area contributed by atoms with Gasteiger partial charge >= 0.3 is 0 Å². The number of allylic oxidation sites excluding steroid dienone is 1. The molecule has 0 aromatic heterocycles. The minimum absolute atomic E-state index is 0.590. The Labute approximate surface area is 144 Å². The Bertz CT molecular complexity index is 758. The molecule has 0 heterocycles. The van der Waals surface area contributed by atoms with Crippen molar-refractivity contribution in [3.8, 4) is 11.1 Å². The molecular weight excluding hydrogens is 292 g/mol. The maximum atomic E-state index is 5.75. The van der Waals surface area contributed by atoms with Crippen molar-refractivity contribution in [3.05, 3.63) is 108 Å². The van der Waals surface area contributed by atoms with Crippen molar-refractivity contribution in [1.82, 2.24) is 0 Å². The van der Waals surface area contributed by atoms with Crippen LogP contribution in [0, 0.1) is 0 Å². The second-order valence-electron chi connectivity index (χ2n) is 5.88. The summed E-state index contributed by atoms with van der Waals surface area (Å²) in [6.45, 7) is 4.62. The lowest BCUT2D eigenvalue weighted by molar-refractivity contribution is 0.190. The van der Waals surface area contributed by atoms with Crippen LogP contribution in [0.5, 0.6) is 0 Å².